The standard InChI is InChI=1S/C24H26N6O/c1-17-16-29(14-13-28(17)2)20-5-3-19(4-6-20)27-21-7-8-22(30-12-11-26-24(21)30)18-9-10-25-23(31)15-18/h3-12,15,17,27H,13-14,16H2,1-2H3,(H,25,31). The number of fused-ring (bicyclic) bond motifs is 1. The van der Waals surface area contributed by atoms with Gasteiger partial charge in [-0.2, -0.15) is 0 Å². The molecule has 4 heterocycles. The van der Waals surface area contributed by atoms with Crippen LogP contribution in [-0.2, 0) is 0 Å². The van der Waals surface area contributed by atoms with Crippen LogP contribution in [0.2, 0.25) is 0 Å². The summed E-state index contributed by atoms with van der Waals surface area (Å²) in [5, 5.41) is 3.49. The number of nitrogens with zero attached hydrogens (tertiary/aromatic N) is 4. The van der Waals surface area contributed by atoms with Gasteiger partial charge in [-0.05, 0) is 56.4 Å². The molecule has 7 heteroatoms. The molecule has 1 aliphatic rings. The quantitative estimate of drug-likeness (QED) is 0.534. The zero-order valence-electron chi connectivity index (χ0n) is 17.7. The van der Waals surface area contributed by atoms with Crippen molar-refractivity contribution in [2.45, 2.75) is 13.0 Å². The van der Waals surface area contributed by atoms with E-state index in [1.165, 1.54) is 5.69 Å². The number of likely N-dealkylation sites (N-methyl/N-ethyl adjacent to an activating group) is 1. The molecule has 31 heavy (non-hydrogen) atoms. The van der Waals surface area contributed by atoms with E-state index < -0.39 is 0 Å². The van der Waals surface area contributed by atoms with E-state index in [1.807, 2.05) is 28.8 Å². The van der Waals surface area contributed by atoms with Gasteiger partial charge in [0.1, 0.15) is 0 Å². The summed E-state index contributed by atoms with van der Waals surface area (Å²) in [5.74, 6) is 0. The lowest BCUT2D eigenvalue weighted by Crippen LogP contribution is -2.50. The maximum Gasteiger partial charge on any atom is 0.248 e. The van der Waals surface area contributed by atoms with Crippen LogP contribution >= 0.6 is 0 Å². The molecule has 2 N–H and O–H groups in total. The van der Waals surface area contributed by atoms with Crippen molar-refractivity contribution in [2.24, 2.45) is 0 Å². The second-order valence-corrected chi connectivity index (χ2v) is 8.14. The van der Waals surface area contributed by atoms with Crippen molar-refractivity contribution in [3.63, 3.8) is 0 Å². The zero-order chi connectivity index (χ0) is 21.4. The van der Waals surface area contributed by atoms with Crippen LogP contribution in [0.5, 0.6) is 0 Å². The molecule has 1 atom stereocenters. The van der Waals surface area contributed by atoms with E-state index in [9.17, 15) is 4.79 Å². The minimum atomic E-state index is -0.122. The summed E-state index contributed by atoms with van der Waals surface area (Å²) in [5.41, 5.74) is 5.64. The minimum absolute atomic E-state index is 0.122. The molecule has 158 valence electrons. The molecule has 7 nitrogen and oxygen atoms in total. The van der Waals surface area contributed by atoms with Crippen molar-refractivity contribution in [3.8, 4) is 11.3 Å². The Labute approximate surface area is 181 Å². The van der Waals surface area contributed by atoms with E-state index in [2.05, 4.69) is 63.3 Å². The average Bonchev–Trinajstić information content (AvgIpc) is 3.27. The Kier molecular flexibility index (Phi) is 4.95. The highest BCUT2D eigenvalue weighted by Crippen LogP contribution is 2.28. The average molecular weight is 415 g/mol. The van der Waals surface area contributed by atoms with Crippen molar-refractivity contribution in [1.82, 2.24) is 19.3 Å². The number of aromatic nitrogens is 3. The van der Waals surface area contributed by atoms with Gasteiger partial charge in [-0.15, -0.1) is 0 Å². The summed E-state index contributed by atoms with van der Waals surface area (Å²) in [6.07, 6.45) is 5.35. The first-order chi connectivity index (χ1) is 15.1. The number of pyridine rings is 2. The number of benzene rings is 1. The van der Waals surface area contributed by atoms with Crippen LogP contribution in [-0.4, -0.2) is 52.0 Å². The number of H-pyrrole nitrogens is 1. The largest absolute Gasteiger partial charge is 0.369 e. The van der Waals surface area contributed by atoms with Gasteiger partial charge in [-0.25, -0.2) is 4.98 Å². The molecule has 1 aliphatic heterocycles. The Morgan fingerprint density at radius 2 is 1.94 bits per heavy atom. The number of imidazole rings is 1. The second kappa shape index (κ2) is 7.92. The second-order valence-electron chi connectivity index (χ2n) is 8.14. The summed E-state index contributed by atoms with van der Waals surface area (Å²) < 4.78 is 2.00. The van der Waals surface area contributed by atoms with Crippen LogP contribution in [0.3, 0.4) is 0 Å². The van der Waals surface area contributed by atoms with E-state index in [-0.39, 0.29) is 5.56 Å². The molecule has 4 aromatic rings. The van der Waals surface area contributed by atoms with Gasteiger partial charge >= 0.3 is 0 Å². The van der Waals surface area contributed by atoms with Gasteiger partial charge in [0.05, 0.1) is 11.4 Å². The molecule has 1 unspecified atom stereocenters. The third-order valence-electron chi connectivity index (χ3n) is 6.09. The molecule has 5 rings (SSSR count). The molecule has 0 spiro atoms. The highest BCUT2D eigenvalue weighted by atomic mass is 16.1. The molecule has 3 aromatic heterocycles. The van der Waals surface area contributed by atoms with Crippen LogP contribution in [0, 0.1) is 0 Å². The third kappa shape index (κ3) is 3.80. The summed E-state index contributed by atoms with van der Waals surface area (Å²) in [4.78, 5) is 23.8. The molecule has 0 aliphatic carbocycles. The maximum atomic E-state index is 11.7. The predicted octanol–water partition coefficient (Wildman–Crippen LogP) is 3.57. The molecule has 1 aromatic carbocycles. The van der Waals surface area contributed by atoms with E-state index in [4.69, 9.17) is 0 Å². The molecule has 0 saturated carbocycles. The molecular formula is C24H26N6O. The lowest BCUT2D eigenvalue weighted by atomic mass is 10.1. The number of hydrogen-bond acceptors (Lipinski definition) is 5. The van der Waals surface area contributed by atoms with E-state index in [0.29, 0.717) is 6.04 Å². The molecule has 0 amide bonds. The lowest BCUT2D eigenvalue weighted by molar-refractivity contribution is 0.234. The fourth-order valence-corrected chi connectivity index (χ4v) is 4.15. The Bertz CT molecular complexity index is 1260. The Morgan fingerprint density at radius 1 is 1.10 bits per heavy atom. The number of piperazine rings is 1. The summed E-state index contributed by atoms with van der Waals surface area (Å²) in [6, 6.07) is 16.6. The minimum Gasteiger partial charge on any atom is -0.369 e. The first-order valence-electron chi connectivity index (χ1n) is 10.6. The zero-order valence-corrected chi connectivity index (χ0v) is 17.7. The van der Waals surface area contributed by atoms with Gasteiger partial charge in [-0.3, -0.25) is 9.20 Å². The topological polar surface area (TPSA) is 68.7 Å². The van der Waals surface area contributed by atoms with Gasteiger partial charge in [0.15, 0.2) is 5.65 Å². The first-order valence-corrected chi connectivity index (χ1v) is 10.6. The third-order valence-corrected chi connectivity index (χ3v) is 6.09. The number of hydrogen-bond donors (Lipinski definition) is 2. The van der Waals surface area contributed by atoms with Gasteiger partial charge in [0, 0.05) is 67.3 Å². The first kappa shape index (κ1) is 19.4. The highest BCUT2D eigenvalue weighted by molar-refractivity contribution is 5.78. The lowest BCUT2D eigenvalue weighted by Gasteiger charge is -2.39. The molecular weight excluding hydrogens is 388 g/mol. The number of nitrogens with one attached hydrogen (secondary N) is 2. The van der Waals surface area contributed by atoms with Gasteiger partial charge < -0.3 is 20.1 Å². The molecule has 0 bridgehead atoms. The smallest absolute Gasteiger partial charge is 0.248 e. The molecule has 1 saturated heterocycles. The summed E-state index contributed by atoms with van der Waals surface area (Å²) in [6.45, 7) is 5.44. The van der Waals surface area contributed by atoms with Crippen molar-refractivity contribution in [1.29, 1.82) is 0 Å². The van der Waals surface area contributed by atoms with Crippen molar-refractivity contribution >= 4 is 22.7 Å². The Balaban J connectivity index is 1.39. The van der Waals surface area contributed by atoms with Crippen LogP contribution in [0.15, 0.2) is 71.9 Å². The summed E-state index contributed by atoms with van der Waals surface area (Å²) in [7, 11) is 2.19. The number of aromatic amines is 1. The van der Waals surface area contributed by atoms with E-state index in [1.54, 1.807) is 18.5 Å². The normalized spacial score (nSPS) is 17.2. The predicted molar refractivity (Wildman–Crippen MR) is 125 cm³/mol. The van der Waals surface area contributed by atoms with E-state index >= 15 is 0 Å². The highest BCUT2D eigenvalue weighted by Gasteiger charge is 2.20. The van der Waals surface area contributed by atoms with Crippen molar-refractivity contribution < 1.29 is 0 Å². The monoisotopic (exact) mass is 414 g/mol. The molecule has 1 fully saturated rings. The fourth-order valence-electron chi connectivity index (χ4n) is 4.15. The van der Waals surface area contributed by atoms with Gasteiger partial charge in [0.25, 0.3) is 0 Å². The van der Waals surface area contributed by atoms with Crippen LogP contribution in [0.25, 0.3) is 16.9 Å². The van der Waals surface area contributed by atoms with Crippen LogP contribution in [0.4, 0.5) is 17.1 Å². The molecule has 0 radical (unpaired) electrons. The Hall–Kier alpha value is -3.58. The number of rotatable bonds is 4. The van der Waals surface area contributed by atoms with Crippen molar-refractivity contribution in [2.75, 3.05) is 36.9 Å². The van der Waals surface area contributed by atoms with E-state index in [0.717, 1.165) is 47.9 Å². The van der Waals surface area contributed by atoms with Crippen LogP contribution in [0.1, 0.15) is 6.92 Å². The van der Waals surface area contributed by atoms with Gasteiger partial charge in [-0.1, -0.05) is 0 Å². The number of anilines is 3. The Morgan fingerprint density at radius 3 is 2.71 bits per heavy atom. The van der Waals surface area contributed by atoms with Gasteiger partial charge in [0.2, 0.25) is 5.56 Å². The fraction of sp³-hybridized carbons (Fsp3) is 0.250. The van der Waals surface area contributed by atoms with Crippen molar-refractivity contribution in [3.05, 3.63) is 77.5 Å². The maximum absolute atomic E-state index is 11.7. The summed E-state index contributed by atoms with van der Waals surface area (Å²) >= 11 is 0. The van der Waals surface area contributed by atoms with Crippen LogP contribution < -0.4 is 15.8 Å². The SMILES string of the molecule is CC1CN(c2ccc(Nc3ccc(-c4cc[nH]c(=O)c4)n4ccnc34)cc2)CCN1C.